The minimum Gasteiger partial charge on any atom is -0.337 e. The highest BCUT2D eigenvalue weighted by atomic mass is 15.0. The van der Waals surface area contributed by atoms with Gasteiger partial charge in [-0.2, -0.15) is 0 Å². The molecule has 1 atom stereocenters. The Bertz CT molecular complexity index is 909. The van der Waals surface area contributed by atoms with Crippen molar-refractivity contribution in [2.75, 3.05) is 0 Å². The molecule has 0 saturated carbocycles. The summed E-state index contributed by atoms with van der Waals surface area (Å²) < 4.78 is 2.63. The lowest BCUT2D eigenvalue weighted by molar-refractivity contribution is 0.121. The predicted molar refractivity (Wildman–Crippen MR) is 130 cm³/mol. The number of nitrogens with zero attached hydrogens (tertiary/aromatic N) is 3. The molecule has 0 N–H and O–H groups in total. The summed E-state index contributed by atoms with van der Waals surface area (Å²) >= 11 is 0. The van der Waals surface area contributed by atoms with Crippen LogP contribution in [0.15, 0.2) is 36.9 Å². The molecule has 30 heavy (non-hydrogen) atoms. The van der Waals surface area contributed by atoms with E-state index in [1.807, 2.05) is 24.8 Å². The Hall–Kier alpha value is -1.90. The van der Waals surface area contributed by atoms with E-state index in [9.17, 15) is 0 Å². The number of pyridine rings is 2. The fraction of sp³-hybridized carbons (Fsp3) is 0.630. The largest absolute Gasteiger partial charge is 0.337 e. The van der Waals surface area contributed by atoms with Crippen molar-refractivity contribution in [2.24, 2.45) is 16.7 Å². The first-order valence-corrected chi connectivity index (χ1v) is 11.9. The Morgan fingerprint density at radius 3 is 1.90 bits per heavy atom. The van der Waals surface area contributed by atoms with Crippen molar-refractivity contribution in [3.05, 3.63) is 36.9 Å². The number of aromatic nitrogens is 3. The molecule has 0 fully saturated rings. The van der Waals surface area contributed by atoms with E-state index in [1.54, 1.807) is 0 Å². The molecule has 3 nitrogen and oxygen atoms in total. The van der Waals surface area contributed by atoms with Crippen LogP contribution in [0.4, 0.5) is 0 Å². The molecule has 164 valence electrons. The van der Waals surface area contributed by atoms with E-state index in [-0.39, 0.29) is 5.41 Å². The fourth-order valence-corrected chi connectivity index (χ4v) is 4.93. The highest BCUT2D eigenvalue weighted by Crippen LogP contribution is 2.48. The van der Waals surface area contributed by atoms with Crippen LogP contribution in [0.5, 0.6) is 0 Å². The zero-order chi connectivity index (χ0) is 21.9. The Morgan fingerprint density at radius 1 is 0.900 bits per heavy atom. The minimum absolute atomic E-state index is 0.200. The molecule has 3 rings (SSSR count). The SMILES string of the molecule is CCC(C)(CC)CC(n1c2ccncc2c2cnccc21)C(C)(C)CCCC(C)C. The fourth-order valence-electron chi connectivity index (χ4n) is 4.93. The maximum Gasteiger partial charge on any atom is 0.0525 e. The lowest BCUT2D eigenvalue weighted by atomic mass is 9.69. The van der Waals surface area contributed by atoms with E-state index in [4.69, 9.17) is 0 Å². The van der Waals surface area contributed by atoms with Crippen molar-refractivity contribution in [1.82, 2.24) is 14.5 Å². The van der Waals surface area contributed by atoms with Gasteiger partial charge < -0.3 is 4.57 Å². The molecule has 3 aromatic rings. The monoisotopic (exact) mass is 407 g/mol. The smallest absolute Gasteiger partial charge is 0.0525 e. The van der Waals surface area contributed by atoms with Gasteiger partial charge in [0.2, 0.25) is 0 Å². The van der Waals surface area contributed by atoms with Crippen LogP contribution < -0.4 is 0 Å². The standard InChI is InChI=1S/C27H41N3/c1-8-27(7,9-2)17-25(26(5,6)14-10-11-20(3)4)30-23-12-15-28-18-21(23)22-19-29-16-13-24(22)30/h12-13,15-16,18-20,25H,8-11,14,17H2,1-7H3. The van der Waals surface area contributed by atoms with Crippen LogP contribution in [0.25, 0.3) is 21.8 Å². The quantitative estimate of drug-likeness (QED) is 0.339. The second-order valence-corrected chi connectivity index (χ2v) is 10.7. The second kappa shape index (κ2) is 9.08. The maximum atomic E-state index is 4.43. The zero-order valence-corrected chi connectivity index (χ0v) is 20.2. The van der Waals surface area contributed by atoms with Crippen molar-refractivity contribution < 1.29 is 0 Å². The normalized spacial score (nSPS) is 14.1. The summed E-state index contributed by atoms with van der Waals surface area (Å²) in [5.74, 6) is 0.765. The molecule has 1 unspecified atom stereocenters. The van der Waals surface area contributed by atoms with Crippen LogP contribution in [0.2, 0.25) is 0 Å². The van der Waals surface area contributed by atoms with E-state index in [0.29, 0.717) is 11.5 Å². The summed E-state index contributed by atoms with van der Waals surface area (Å²) in [6.07, 6.45) is 15.3. The van der Waals surface area contributed by atoms with Crippen LogP contribution in [0, 0.1) is 16.7 Å². The first kappa shape index (κ1) is 22.8. The number of rotatable bonds is 10. The van der Waals surface area contributed by atoms with Crippen molar-refractivity contribution in [1.29, 1.82) is 0 Å². The third-order valence-electron chi connectivity index (χ3n) is 7.61. The molecule has 0 radical (unpaired) electrons. The maximum absolute atomic E-state index is 4.43. The van der Waals surface area contributed by atoms with Gasteiger partial charge in [-0.05, 0) is 41.7 Å². The van der Waals surface area contributed by atoms with Crippen LogP contribution in [-0.2, 0) is 0 Å². The van der Waals surface area contributed by atoms with Crippen molar-refractivity contribution in [3.8, 4) is 0 Å². The molecule has 0 aliphatic carbocycles. The van der Waals surface area contributed by atoms with Gasteiger partial charge in [-0.15, -0.1) is 0 Å². The van der Waals surface area contributed by atoms with Gasteiger partial charge in [-0.3, -0.25) is 9.97 Å². The van der Waals surface area contributed by atoms with Crippen LogP contribution in [-0.4, -0.2) is 14.5 Å². The first-order valence-electron chi connectivity index (χ1n) is 11.9. The van der Waals surface area contributed by atoms with E-state index in [1.165, 1.54) is 60.3 Å². The summed E-state index contributed by atoms with van der Waals surface area (Å²) in [4.78, 5) is 8.87. The lowest BCUT2D eigenvalue weighted by Crippen LogP contribution is -2.32. The Kier molecular flexibility index (Phi) is 6.89. The summed E-state index contributed by atoms with van der Waals surface area (Å²) in [5, 5.41) is 2.44. The van der Waals surface area contributed by atoms with E-state index < -0.39 is 0 Å². The van der Waals surface area contributed by atoms with E-state index in [0.717, 1.165) is 5.92 Å². The molecule has 0 bridgehead atoms. The summed E-state index contributed by atoms with van der Waals surface area (Å²) in [7, 11) is 0. The molecule has 3 heterocycles. The molecule has 0 aliphatic rings. The summed E-state index contributed by atoms with van der Waals surface area (Å²) in [5.41, 5.74) is 3.13. The molecular weight excluding hydrogens is 366 g/mol. The molecule has 0 amide bonds. The summed E-state index contributed by atoms with van der Waals surface area (Å²) in [6.45, 7) is 16.8. The van der Waals surface area contributed by atoms with Gasteiger partial charge in [0.25, 0.3) is 0 Å². The highest BCUT2D eigenvalue weighted by molar-refractivity contribution is 6.07. The van der Waals surface area contributed by atoms with Crippen LogP contribution in [0.3, 0.4) is 0 Å². The van der Waals surface area contributed by atoms with Crippen LogP contribution >= 0.6 is 0 Å². The van der Waals surface area contributed by atoms with Gasteiger partial charge >= 0.3 is 0 Å². The lowest BCUT2D eigenvalue weighted by Gasteiger charge is -2.42. The van der Waals surface area contributed by atoms with Crippen molar-refractivity contribution in [2.45, 2.75) is 93.0 Å². The predicted octanol–water partition coefficient (Wildman–Crippen LogP) is 8.19. The van der Waals surface area contributed by atoms with E-state index >= 15 is 0 Å². The topological polar surface area (TPSA) is 30.7 Å². The first-order chi connectivity index (χ1) is 14.2. The average Bonchev–Trinajstić information content (AvgIpc) is 3.05. The number of hydrogen-bond donors (Lipinski definition) is 0. The number of hydrogen-bond acceptors (Lipinski definition) is 2. The third kappa shape index (κ3) is 4.55. The van der Waals surface area contributed by atoms with Gasteiger partial charge in [0.15, 0.2) is 0 Å². The van der Waals surface area contributed by atoms with Gasteiger partial charge in [-0.25, -0.2) is 0 Å². The number of fused-ring (bicyclic) bond motifs is 3. The zero-order valence-electron chi connectivity index (χ0n) is 20.2. The van der Waals surface area contributed by atoms with Gasteiger partial charge in [0.1, 0.15) is 0 Å². The second-order valence-electron chi connectivity index (χ2n) is 10.7. The van der Waals surface area contributed by atoms with Crippen LogP contribution in [0.1, 0.15) is 93.0 Å². The Morgan fingerprint density at radius 2 is 1.43 bits per heavy atom. The van der Waals surface area contributed by atoms with Crippen molar-refractivity contribution >= 4 is 21.8 Å². The molecule has 0 aromatic carbocycles. The van der Waals surface area contributed by atoms with Crippen molar-refractivity contribution in [3.63, 3.8) is 0 Å². The Labute approximate surface area is 183 Å². The molecule has 0 spiro atoms. The molecule has 0 aliphatic heterocycles. The summed E-state index contributed by atoms with van der Waals surface area (Å²) in [6, 6.07) is 4.82. The van der Waals surface area contributed by atoms with Gasteiger partial charge in [0.05, 0.1) is 11.0 Å². The highest BCUT2D eigenvalue weighted by Gasteiger charge is 2.37. The van der Waals surface area contributed by atoms with Gasteiger partial charge in [-0.1, -0.05) is 74.1 Å². The molecular formula is C27H41N3. The van der Waals surface area contributed by atoms with Gasteiger partial charge in [0, 0.05) is 41.6 Å². The van der Waals surface area contributed by atoms with E-state index in [2.05, 4.69) is 75.1 Å². The Balaban J connectivity index is 2.17. The minimum atomic E-state index is 0.200. The molecule has 0 saturated heterocycles. The molecule has 3 aromatic heterocycles. The average molecular weight is 408 g/mol. The molecule has 3 heteroatoms. The third-order valence-corrected chi connectivity index (χ3v) is 7.61.